The van der Waals surface area contributed by atoms with Crippen molar-refractivity contribution in [2.75, 3.05) is 11.4 Å². The van der Waals surface area contributed by atoms with E-state index in [1.165, 1.54) is 11.0 Å². The molecule has 1 aromatic carbocycles. The first-order valence-electron chi connectivity index (χ1n) is 5.01. The number of rotatable bonds is 2. The number of nitro benzene ring substituents is 1. The smallest absolute Gasteiger partial charge is 0.291 e. The highest BCUT2D eigenvalue weighted by Crippen LogP contribution is 2.39. The zero-order chi connectivity index (χ0) is 13.4. The molecular weight excluding hydrogens is 283 g/mol. The van der Waals surface area contributed by atoms with Crippen LogP contribution in [0.4, 0.5) is 11.4 Å². The van der Waals surface area contributed by atoms with Gasteiger partial charge in [0.2, 0.25) is 5.91 Å². The summed E-state index contributed by atoms with van der Waals surface area (Å²) < 4.78 is 0. The maximum absolute atomic E-state index is 11.6. The van der Waals surface area contributed by atoms with Gasteiger partial charge in [0.1, 0.15) is 10.8 Å². The number of nitrogens with zero attached hydrogens (tertiary/aromatic N) is 2. The first kappa shape index (κ1) is 12.9. The van der Waals surface area contributed by atoms with E-state index >= 15 is 0 Å². The molecule has 1 N–H and O–H groups in total. The molecule has 0 aliphatic carbocycles. The van der Waals surface area contributed by atoms with Crippen molar-refractivity contribution in [3.63, 3.8) is 0 Å². The summed E-state index contributed by atoms with van der Waals surface area (Å²) in [7, 11) is 0. The normalized spacial score (nSPS) is 19.3. The van der Waals surface area contributed by atoms with Gasteiger partial charge in [-0.3, -0.25) is 14.9 Å². The fourth-order valence-corrected chi connectivity index (χ4v) is 2.29. The van der Waals surface area contributed by atoms with E-state index in [9.17, 15) is 20.0 Å². The number of hydrogen-bond acceptors (Lipinski definition) is 4. The number of carbonyl (C=O) groups excluding carboxylic acids is 1. The molecule has 8 heteroatoms. The number of aromatic hydroxyl groups is 1. The number of alkyl halides is 1. The van der Waals surface area contributed by atoms with E-state index in [1.807, 2.05) is 0 Å². The van der Waals surface area contributed by atoms with Gasteiger partial charge in [-0.1, -0.05) is 11.6 Å². The Labute approximate surface area is 112 Å². The molecule has 6 nitrogen and oxygen atoms in total. The van der Waals surface area contributed by atoms with Crippen molar-refractivity contribution in [2.24, 2.45) is 0 Å². The molecule has 0 spiro atoms. The molecule has 0 saturated carbocycles. The fourth-order valence-electron chi connectivity index (χ4n) is 1.79. The number of anilines is 1. The lowest BCUT2D eigenvalue weighted by molar-refractivity contribution is -0.384. The van der Waals surface area contributed by atoms with Crippen molar-refractivity contribution in [1.82, 2.24) is 0 Å². The van der Waals surface area contributed by atoms with Crippen molar-refractivity contribution < 1.29 is 14.8 Å². The number of nitro groups is 1. The van der Waals surface area contributed by atoms with Crippen LogP contribution in [0.2, 0.25) is 5.02 Å². The number of phenols is 1. The van der Waals surface area contributed by atoms with Gasteiger partial charge in [-0.2, -0.15) is 0 Å². The highest BCUT2D eigenvalue weighted by molar-refractivity contribution is 6.33. The molecule has 0 bridgehead atoms. The minimum atomic E-state index is -0.706. The molecule has 0 aromatic heterocycles. The van der Waals surface area contributed by atoms with E-state index in [1.54, 1.807) is 0 Å². The van der Waals surface area contributed by atoms with E-state index < -0.39 is 10.6 Å². The number of phenolic OH excluding ortho intramolecular Hbond substituents is 1. The van der Waals surface area contributed by atoms with E-state index in [4.69, 9.17) is 23.2 Å². The third kappa shape index (κ3) is 2.21. The van der Waals surface area contributed by atoms with E-state index in [0.717, 1.165) is 6.07 Å². The van der Waals surface area contributed by atoms with E-state index in [2.05, 4.69) is 0 Å². The van der Waals surface area contributed by atoms with Crippen molar-refractivity contribution in [2.45, 2.75) is 11.8 Å². The van der Waals surface area contributed by atoms with Crippen molar-refractivity contribution in [3.8, 4) is 5.75 Å². The van der Waals surface area contributed by atoms with Crippen LogP contribution in [0.25, 0.3) is 0 Å². The monoisotopic (exact) mass is 290 g/mol. The van der Waals surface area contributed by atoms with Crippen LogP contribution in [0.3, 0.4) is 0 Å². The molecule has 1 aliphatic rings. The Morgan fingerprint density at radius 1 is 1.50 bits per heavy atom. The average molecular weight is 291 g/mol. The second-order valence-electron chi connectivity index (χ2n) is 3.86. The topological polar surface area (TPSA) is 83.7 Å². The second-order valence-corrected chi connectivity index (χ2v) is 4.88. The first-order chi connectivity index (χ1) is 8.40. The second kappa shape index (κ2) is 4.62. The third-order valence-corrected chi connectivity index (χ3v) is 3.20. The standard InChI is InChI=1S/C10H8Cl2N2O4/c11-5-1-10(16)13(4-5)8-2-6(12)7(14(17)18)3-9(8)15/h2-3,5,15H,1,4H2. The summed E-state index contributed by atoms with van der Waals surface area (Å²) >= 11 is 11.6. The average Bonchev–Trinajstić information content (AvgIpc) is 2.60. The summed E-state index contributed by atoms with van der Waals surface area (Å²) in [5, 5.41) is 19.9. The van der Waals surface area contributed by atoms with Gasteiger partial charge < -0.3 is 10.0 Å². The SMILES string of the molecule is O=C1CC(Cl)CN1c1cc(Cl)c([N+](=O)[O-])cc1O. The number of benzene rings is 1. The Bertz CT molecular complexity index is 535. The molecular formula is C10H8Cl2N2O4. The predicted molar refractivity (Wildman–Crippen MR) is 66.4 cm³/mol. The largest absolute Gasteiger partial charge is 0.505 e. The maximum atomic E-state index is 11.6. The lowest BCUT2D eigenvalue weighted by Gasteiger charge is -2.17. The van der Waals surface area contributed by atoms with Crippen LogP contribution in [0.15, 0.2) is 12.1 Å². The molecule has 2 rings (SSSR count). The summed E-state index contributed by atoms with van der Waals surface area (Å²) in [4.78, 5) is 22.8. The van der Waals surface area contributed by atoms with Gasteiger partial charge >= 0.3 is 0 Å². The molecule has 18 heavy (non-hydrogen) atoms. The number of amides is 1. The minimum Gasteiger partial charge on any atom is -0.505 e. The Balaban J connectivity index is 2.44. The lowest BCUT2D eigenvalue weighted by atomic mass is 10.2. The van der Waals surface area contributed by atoms with Gasteiger partial charge in [0, 0.05) is 13.0 Å². The van der Waals surface area contributed by atoms with Crippen LogP contribution in [0.1, 0.15) is 6.42 Å². The summed E-state index contributed by atoms with van der Waals surface area (Å²) in [5.41, 5.74) is -0.272. The zero-order valence-corrected chi connectivity index (χ0v) is 10.5. The Hall–Kier alpha value is -1.53. The number of hydrogen-bond donors (Lipinski definition) is 1. The van der Waals surface area contributed by atoms with Crippen LogP contribution in [-0.2, 0) is 4.79 Å². The molecule has 1 fully saturated rings. The quantitative estimate of drug-likeness (QED) is 0.515. The molecule has 1 saturated heterocycles. The molecule has 96 valence electrons. The van der Waals surface area contributed by atoms with Crippen molar-refractivity contribution in [3.05, 3.63) is 27.3 Å². The molecule has 1 aromatic rings. The van der Waals surface area contributed by atoms with Crippen LogP contribution in [0.5, 0.6) is 5.75 Å². The Morgan fingerprint density at radius 2 is 2.17 bits per heavy atom. The van der Waals surface area contributed by atoms with Crippen LogP contribution in [-0.4, -0.2) is 27.9 Å². The summed E-state index contributed by atoms with van der Waals surface area (Å²) in [5.74, 6) is -0.625. The molecule has 1 amide bonds. The summed E-state index contributed by atoms with van der Waals surface area (Å²) in [6, 6.07) is 2.12. The van der Waals surface area contributed by atoms with Crippen LogP contribution < -0.4 is 4.90 Å². The number of carbonyl (C=O) groups is 1. The van der Waals surface area contributed by atoms with Gasteiger partial charge in [0.25, 0.3) is 5.69 Å². The van der Waals surface area contributed by atoms with Crippen LogP contribution >= 0.6 is 23.2 Å². The Kier molecular flexibility index (Phi) is 3.32. The minimum absolute atomic E-state index is 0.138. The third-order valence-electron chi connectivity index (χ3n) is 2.61. The summed E-state index contributed by atoms with van der Waals surface area (Å²) in [6.45, 7) is 0.238. The highest BCUT2D eigenvalue weighted by atomic mass is 35.5. The van der Waals surface area contributed by atoms with Crippen molar-refractivity contribution >= 4 is 40.5 Å². The fraction of sp³-hybridized carbons (Fsp3) is 0.300. The Morgan fingerprint density at radius 3 is 2.67 bits per heavy atom. The van der Waals surface area contributed by atoms with Gasteiger partial charge in [0.15, 0.2) is 0 Å². The first-order valence-corrected chi connectivity index (χ1v) is 5.83. The lowest BCUT2D eigenvalue weighted by Crippen LogP contribution is -2.24. The van der Waals surface area contributed by atoms with Gasteiger partial charge in [-0.15, -0.1) is 11.6 Å². The van der Waals surface area contributed by atoms with Crippen molar-refractivity contribution in [1.29, 1.82) is 0 Å². The molecule has 1 heterocycles. The summed E-state index contributed by atoms with van der Waals surface area (Å²) in [6.07, 6.45) is 0.162. The van der Waals surface area contributed by atoms with E-state index in [0.29, 0.717) is 0 Å². The number of halogens is 2. The molecule has 1 aliphatic heterocycles. The predicted octanol–water partition coefficient (Wildman–Crippen LogP) is 2.30. The molecule has 1 unspecified atom stereocenters. The molecule has 1 atom stereocenters. The maximum Gasteiger partial charge on any atom is 0.291 e. The zero-order valence-electron chi connectivity index (χ0n) is 8.97. The van der Waals surface area contributed by atoms with E-state index in [-0.39, 0.29) is 40.7 Å². The van der Waals surface area contributed by atoms with Gasteiger partial charge in [-0.05, 0) is 6.07 Å². The highest BCUT2D eigenvalue weighted by Gasteiger charge is 2.32. The molecule has 0 radical (unpaired) electrons. The van der Waals surface area contributed by atoms with Gasteiger partial charge in [-0.25, -0.2) is 0 Å². The van der Waals surface area contributed by atoms with Gasteiger partial charge in [0.05, 0.1) is 22.1 Å². The van der Waals surface area contributed by atoms with Crippen LogP contribution in [0, 0.1) is 10.1 Å².